The zero-order chi connectivity index (χ0) is 19.6. The molecule has 1 aromatic rings. The van der Waals surface area contributed by atoms with Crippen LogP contribution < -0.4 is 10.1 Å². The minimum atomic E-state index is -0.0923. The number of carbonyl (C=O) groups excluding carboxylic acids is 2. The number of likely N-dealkylation sites (tertiary alicyclic amines) is 1. The van der Waals surface area contributed by atoms with Crippen molar-refractivity contribution in [2.24, 2.45) is 0 Å². The zero-order valence-corrected chi connectivity index (χ0v) is 16.9. The fourth-order valence-electron chi connectivity index (χ4n) is 3.62. The van der Waals surface area contributed by atoms with Gasteiger partial charge in [0.1, 0.15) is 5.75 Å². The van der Waals surface area contributed by atoms with E-state index in [-0.39, 0.29) is 24.4 Å². The van der Waals surface area contributed by atoms with Gasteiger partial charge in [0, 0.05) is 19.5 Å². The fraction of sp³-hybridized carbons (Fsp3) is 0.619. The number of likely N-dealkylation sites (N-methyl/N-ethyl adjacent to an activating group) is 1. The molecule has 27 heavy (non-hydrogen) atoms. The molecule has 1 saturated heterocycles. The number of rotatable bonds is 9. The molecule has 0 bridgehead atoms. The molecule has 0 aliphatic carbocycles. The number of carbonyl (C=O) groups is 2. The van der Waals surface area contributed by atoms with Crippen molar-refractivity contribution in [3.05, 3.63) is 29.8 Å². The van der Waals surface area contributed by atoms with Gasteiger partial charge in [0.25, 0.3) is 0 Å². The highest BCUT2D eigenvalue weighted by molar-refractivity contribution is 5.84. The van der Waals surface area contributed by atoms with E-state index in [0.29, 0.717) is 19.5 Å². The third-order valence-electron chi connectivity index (χ3n) is 5.23. The van der Waals surface area contributed by atoms with Crippen LogP contribution in [0.1, 0.15) is 51.1 Å². The number of nitrogens with zero attached hydrogens (tertiary/aromatic N) is 2. The summed E-state index contributed by atoms with van der Waals surface area (Å²) in [6.07, 6.45) is 3.52. The number of amides is 2. The molecule has 1 aromatic carbocycles. The van der Waals surface area contributed by atoms with E-state index in [1.54, 1.807) is 12.0 Å². The van der Waals surface area contributed by atoms with Crippen molar-refractivity contribution in [3.8, 4) is 5.75 Å². The van der Waals surface area contributed by atoms with Gasteiger partial charge in [0.2, 0.25) is 11.8 Å². The Morgan fingerprint density at radius 2 is 2.04 bits per heavy atom. The Bertz CT molecular complexity index is 616. The van der Waals surface area contributed by atoms with Crippen LogP contribution in [0.4, 0.5) is 0 Å². The molecule has 1 heterocycles. The first-order valence-electron chi connectivity index (χ1n) is 10.0. The summed E-state index contributed by atoms with van der Waals surface area (Å²) in [5, 5.41) is 3.04. The van der Waals surface area contributed by atoms with E-state index in [9.17, 15) is 9.59 Å². The van der Waals surface area contributed by atoms with Crippen LogP contribution in [0.3, 0.4) is 0 Å². The van der Waals surface area contributed by atoms with Gasteiger partial charge in [-0.3, -0.25) is 14.5 Å². The number of nitrogens with one attached hydrogen (secondary N) is 1. The first kappa shape index (κ1) is 21.2. The van der Waals surface area contributed by atoms with E-state index in [2.05, 4.69) is 30.1 Å². The molecule has 0 spiro atoms. The molecular weight excluding hydrogens is 342 g/mol. The standard InChI is InChI=1S/C21H33N3O3/c1-4-23(5-2)19(17-10-9-11-18(14-17)27-3)15-22-20(25)16-24-13-8-6-7-12-21(24)26/h9-11,14,19H,4-8,12-13,15-16H2,1-3H3,(H,22,25). The quantitative estimate of drug-likeness (QED) is 0.721. The van der Waals surface area contributed by atoms with Gasteiger partial charge in [-0.15, -0.1) is 0 Å². The number of methoxy groups -OCH3 is 1. The van der Waals surface area contributed by atoms with Crippen LogP contribution in [0.15, 0.2) is 24.3 Å². The smallest absolute Gasteiger partial charge is 0.239 e. The highest BCUT2D eigenvalue weighted by Crippen LogP contribution is 2.23. The highest BCUT2D eigenvalue weighted by atomic mass is 16.5. The van der Waals surface area contributed by atoms with Gasteiger partial charge in [-0.2, -0.15) is 0 Å². The lowest BCUT2D eigenvalue weighted by Crippen LogP contribution is -2.43. The average Bonchev–Trinajstić information content (AvgIpc) is 2.89. The predicted molar refractivity (Wildman–Crippen MR) is 107 cm³/mol. The van der Waals surface area contributed by atoms with Crippen LogP contribution in [0.2, 0.25) is 0 Å². The van der Waals surface area contributed by atoms with Crippen LogP contribution in [0.25, 0.3) is 0 Å². The normalized spacial score (nSPS) is 16.1. The first-order valence-corrected chi connectivity index (χ1v) is 10.0. The number of hydrogen-bond acceptors (Lipinski definition) is 4. The van der Waals surface area contributed by atoms with Crippen LogP contribution in [0.5, 0.6) is 5.75 Å². The van der Waals surface area contributed by atoms with E-state index >= 15 is 0 Å². The topological polar surface area (TPSA) is 61.9 Å². The maximum atomic E-state index is 12.5. The van der Waals surface area contributed by atoms with Crippen molar-refractivity contribution in [1.82, 2.24) is 15.1 Å². The van der Waals surface area contributed by atoms with Crippen LogP contribution >= 0.6 is 0 Å². The Morgan fingerprint density at radius 1 is 1.26 bits per heavy atom. The van der Waals surface area contributed by atoms with E-state index in [1.165, 1.54) is 0 Å². The van der Waals surface area contributed by atoms with E-state index in [1.807, 2.05) is 18.2 Å². The lowest BCUT2D eigenvalue weighted by molar-refractivity contribution is -0.135. The Labute approximate surface area is 162 Å². The molecule has 2 rings (SSSR count). The van der Waals surface area contributed by atoms with Crippen molar-refractivity contribution in [3.63, 3.8) is 0 Å². The number of benzene rings is 1. The second kappa shape index (κ2) is 10.9. The predicted octanol–water partition coefficient (Wildman–Crippen LogP) is 2.60. The van der Waals surface area contributed by atoms with Gasteiger partial charge in [-0.25, -0.2) is 0 Å². The van der Waals surface area contributed by atoms with Crippen LogP contribution in [-0.2, 0) is 9.59 Å². The molecule has 1 N–H and O–H groups in total. The molecule has 150 valence electrons. The molecule has 6 heteroatoms. The minimum absolute atomic E-state index is 0.0684. The Balaban J connectivity index is 2.02. The summed E-state index contributed by atoms with van der Waals surface area (Å²) in [5.74, 6) is 0.812. The molecule has 0 aromatic heterocycles. The lowest BCUT2D eigenvalue weighted by Gasteiger charge is -2.31. The second-order valence-electron chi connectivity index (χ2n) is 6.94. The second-order valence-corrected chi connectivity index (χ2v) is 6.94. The maximum absolute atomic E-state index is 12.5. The van der Waals surface area contributed by atoms with Crippen LogP contribution in [-0.4, -0.2) is 61.4 Å². The molecule has 0 saturated carbocycles. The summed E-state index contributed by atoms with van der Waals surface area (Å²) < 4.78 is 5.35. The van der Waals surface area contributed by atoms with Gasteiger partial charge < -0.3 is 15.0 Å². The molecule has 0 radical (unpaired) electrons. The van der Waals surface area contributed by atoms with E-state index in [0.717, 1.165) is 43.7 Å². The van der Waals surface area contributed by atoms with Gasteiger partial charge in [-0.05, 0) is 43.6 Å². The molecule has 1 atom stereocenters. The van der Waals surface area contributed by atoms with Crippen LogP contribution in [0, 0.1) is 0 Å². The Kier molecular flexibility index (Phi) is 8.58. The third-order valence-corrected chi connectivity index (χ3v) is 5.23. The van der Waals surface area contributed by atoms with Crippen molar-refractivity contribution in [2.45, 2.75) is 45.6 Å². The molecule has 1 unspecified atom stereocenters. The van der Waals surface area contributed by atoms with Crippen molar-refractivity contribution < 1.29 is 14.3 Å². The number of hydrogen-bond donors (Lipinski definition) is 1. The van der Waals surface area contributed by atoms with Crippen molar-refractivity contribution >= 4 is 11.8 Å². The van der Waals surface area contributed by atoms with Gasteiger partial charge >= 0.3 is 0 Å². The highest BCUT2D eigenvalue weighted by Gasteiger charge is 2.22. The largest absolute Gasteiger partial charge is 0.497 e. The molecule has 1 aliphatic rings. The maximum Gasteiger partial charge on any atom is 0.239 e. The lowest BCUT2D eigenvalue weighted by atomic mass is 10.0. The summed E-state index contributed by atoms with van der Waals surface area (Å²) in [6, 6.07) is 8.05. The number of ether oxygens (including phenoxy) is 1. The summed E-state index contributed by atoms with van der Waals surface area (Å²) in [6.45, 7) is 7.36. The van der Waals surface area contributed by atoms with Crippen molar-refractivity contribution in [2.75, 3.05) is 39.8 Å². The molecule has 1 fully saturated rings. The third kappa shape index (κ3) is 6.24. The molecule has 1 aliphatic heterocycles. The van der Waals surface area contributed by atoms with E-state index in [4.69, 9.17) is 4.74 Å². The summed E-state index contributed by atoms with van der Waals surface area (Å²) >= 11 is 0. The fourth-order valence-corrected chi connectivity index (χ4v) is 3.62. The molecule has 6 nitrogen and oxygen atoms in total. The van der Waals surface area contributed by atoms with Gasteiger partial charge in [-0.1, -0.05) is 32.4 Å². The minimum Gasteiger partial charge on any atom is -0.497 e. The van der Waals surface area contributed by atoms with Crippen molar-refractivity contribution in [1.29, 1.82) is 0 Å². The van der Waals surface area contributed by atoms with Gasteiger partial charge in [0.15, 0.2) is 0 Å². The summed E-state index contributed by atoms with van der Waals surface area (Å²) in [5.41, 5.74) is 1.11. The summed E-state index contributed by atoms with van der Waals surface area (Å²) in [7, 11) is 1.66. The Morgan fingerprint density at radius 3 is 2.74 bits per heavy atom. The molecular formula is C21H33N3O3. The summed E-state index contributed by atoms with van der Waals surface area (Å²) in [4.78, 5) is 28.6. The molecule has 2 amide bonds. The monoisotopic (exact) mass is 375 g/mol. The first-order chi connectivity index (χ1) is 13.1. The SMILES string of the molecule is CCN(CC)C(CNC(=O)CN1CCCCCC1=O)c1cccc(OC)c1. The van der Waals surface area contributed by atoms with Gasteiger partial charge in [0.05, 0.1) is 19.7 Å². The average molecular weight is 376 g/mol. The Hall–Kier alpha value is -2.08. The van der Waals surface area contributed by atoms with E-state index < -0.39 is 0 Å². The zero-order valence-electron chi connectivity index (χ0n) is 16.9.